The van der Waals surface area contributed by atoms with E-state index in [1.807, 2.05) is 13.8 Å². The zero-order valence-electron chi connectivity index (χ0n) is 10.8. The van der Waals surface area contributed by atoms with Gasteiger partial charge in [-0.2, -0.15) is 4.39 Å². The Hall–Kier alpha value is -1.06. The van der Waals surface area contributed by atoms with Crippen molar-refractivity contribution in [3.05, 3.63) is 23.8 Å². The highest BCUT2D eigenvalue weighted by molar-refractivity contribution is 5.15. The largest absolute Gasteiger partial charge is 0.309 e. The van der Waals surface area contributed by atoms with Crippen molar-refractivity contribution in [2.45, 2.75) is 58.3 Å². The summed E-state index contributed by atoms with van der Waals surface area (Å²) in [7, 11) is 0. The van der Waals surface area contributed by atoms with Crippen LogP contribution in [0.4, 0.5) is 8.78 Å². The van der Waals surface area contributed by atoms with Gasteiger partial charge in [0.2, 0.25) is 0 Å². The Bertz CT molecular complexity index is 368. The molecule has 1 atom stereocenters. The third kappa shape index (κ3) is 3.45. The third-order valence-electron chi connectivity index (χ3n) is 3.40. The molecule has 0 aromatic carbocycles. The molecule has 2 nitrogen and oxygen atoms in total. The van der Waals surface area contributed by atoms with Gasteiger partial charge in [0.25, 0.3) is 0 Å². The van der Waals surface area contributed by atoms with Crippen LogP contribution < -0.4 is 0 Å². The molecule has 1 unspecified atom stereocenters. The molecule has 1 aromatic rings. The maximum absolute atomic E-state index is 13.7. The van der Waals surface area contributed by atoms with Gasteiger partial charge < -0.3 is 0 Å². The number of rotatable bonds is 6. The summed E-state index contributed by atoms with van der Waals surface area (Å²) in [4.78, 5) is 6.87. The van der Waals surface area contributed by atoms with Gasteiger partial charge in [0.15, 0.2) is 5.82 Å². The maximum atomic E-state index is 13.7. The topological polar surface area (TPSA) is 25.8 Å². The Morgan fingerprint density at radius 1 is 1.24 bits per heavy atom. The van der Waals surface area contributed by atoms with Gasteiger partial charge in [-0.05, 0) is 12.8 Å². The monoisotopic (exact) mass is 242 g/mol. The molecule has 1 heterocycles. The molecule has 0 saturated heterocycles. The summed E-state index contributed by atoms with van der Waals surface area (Å²) >= 11 is 0. The molecule has 4 heteroatoms. The van der Waals surface area contributed by atoms with E-state index in [9.17, 15) is 8.78 Å². The molecular formula is C13H20F2N2. The molecule has 0 bridgehead atoms. The molecule has 0 aliphatic rings. The Kier molecular flexibility index (Phi) is 4.97. The van der Waals surface area contributed by atoms with Crippen molar-refractivity contribution in [1.82, 2.24) is 9.97 Å². The van der Waals surface area contributed by atoms with Gasteiger partial charge in [0.05, 0.1) is 11.9 Å². The van der Waals surface area contributed by atoms with Crippen LogP contribution in [-0.4, -0.2) is 9.97 Å². The predicted octanol–water partition coefficient (Wildman–Crippen LogP) is 4.00. The Balaban J connectivity index is 2.94. The highest BCUT2D eigenvalue weighted by Gasteiger charge is 2.29. The van der Waals surface area contributed by atoms with E-state index < -0.39 is 17.3 Å². The minimum Gasteiger partial charge on any atom is -0.208 e. The quantitative estimate of drug-likeness (QED) is 0.556. The molecule has 0 amide bonds. The van der Waals surface area contributed by atoms with Crippen molar-refractivity contribution in [3.63, 3.8) is 0 Å². The van der Waals surface area contributed by atoms with Crippen LogP contribution in [0.1, 0.15) is 58.6 Å². The van der Waals surface area contributed by atoms with Gasteiger partial charge in [0.1, 0.15) is 0 Å². The zero-order valence-corrected chi connectivity index (χ0v) is 10.8. The lowest BCUT2D eigenvalue weighted by Crippen LogP contribution is -2.25. The van der Waals surface area contributed by atoms with Crippen LogP contribution in [0.2, 0.25) is 0 Å². The lowest BCUT2D eigenvalue weighted by molar-refractivity contribution is 0.356. The summed E-state index contributed by atoms with van der Waals surface area (Å²) in [5.74, 6) is -0.507. The summed E-state index contributed by atoms with van der Waals surface area (Å²) in [6.07, 6.45) is 4.86. The first-order valence-corrected chi connectivity index (χ1v) is 6.22. The van der Waals surface area contributed by atoms with Crippen molar-refractivity contribution in [3.8, 4) is 0 Å². The fraction of sp³-hybridized carbons (Fsp3) is 0.692. The molecule has 0 radical (unpaired) electrons. The Morgan fingerprint density at radius 2 is 1.94 bits per heavy atom. The number of hydrogen-bond acceptors (Lipinski definition) is 2. The highest BCUT2D eigenvalue weighted by Crippen LogP contribution is 2.33. The fourth-order valence-corrected chi connectivity index (χ4v) is 2.00. The van der Waals surface area contributed by atoms with Crippen LogP contribution in [0.5, 0.6) is 0 Å². The lowest BCUT2D eigenvalue weighted by atomic mass is 9.79. The first-order chi connectivity index (χ1) is 8.03. The third-order valence-corrected chi connectivity index (χ3v) is 3.40. The minimum atomic E-state index is -0.850. The first-order valence-electron chi connectivity index (χ1n) is 6.22. The van der Waals surface area contributed by atoms with Gasteiger partial charge in [-0.25, -0.2) is 14.4 Å². The minimum absolute atomic E-state index is 0.212. The van der Waals surface area contributed by atoms with Crippen molar-refractivity contribution < 1.29 is 8.78 Å². The number of aromatic nitrogens is 2. The van der Waals surface area contributed by atoms with Crippen molar-refractivity contribution in [1.29, 1.82) is 0 Å². The van der Waals surface area contributed by atoms with E-state index in [0.29, 0.717) is 0 Å². The van der Waals surface area contributed by atoms with Gasteiger partial charge in [-0.1, -0.05) is 40.0 Å². The van der Waals surface area contributed by atoms with Gasteiger partial charge in [-0.15, -0.1) is 0 Å². The highest BCUT2D eigenvalue weighted by atomic mass is 19.1. The predicted molar refractivity (Wildman–Crippen MR) is 63.7 cm³/mol. The summed E-state index contributed by atoms with van der Waals surface area (Å²) in [6.45, 7) is 6.03. The maximum Gasteiger partial charge on any atom is 0.309 e. The van der Waals surface area contributed by atoms with E-state index in [2.05, 4.69) is 16.9 Å². The molecule has 0 N–H and O–H groups in total. The standard InChI is InChI=1S/C13H20F2N2/c1-4-6-7-8-13(3,5-2)11-10(14)9-16-12(15)17-11/h9H,4-8H2,1-3H3. The molecule has 0 saturated carbocycles. The number of nitrogens with zero attached hydrogens (tertiary/aromatic N) is 2. The summed E-state index contributed by atoms with van der Waals surface area (Å²) in [5.41, 5.74) is -0.188. The Labute approximate surface area is 101 Å². The molecule has 1 aromatic heterocycles. The van der Waals surface area contributed by atoms with Gasteiger partial charge >= 0.3 is 6.08 Å². The average molecular weight is 242 g/mol. The van der Waals surface area contributed by atoms with Crippen LogP contribution in [0.25, 0.3) is 0 Å². The molecule has 0 fully saturated rings. The molecule has 96 valence electrons. The summed E-state index contributed by atoms with van der Waals surface area (Å²) in [6, 6.07) is 0. The normalized spacial score (nSPS) is 14.6. The number of halogens is 2. The van der Waals surface area contributed by atoms with Crippen molar-refractivity contribution in [2.24, 2.45) is 0 Å². The van der Waals surface area contributed by atoms with Crippen LogP contribution >= 0.6 is 0 Å². The van der Waals surface area contributed by atoms with E-state index in [1.54, 1.807) is 0 Å². The molecule has 0 aliphatic heterocycles. The van der Waals surface area contributed by atoms with Crippen LogP contribution in [0.3, 0.4) is 0 Å². The van der Waals surface area contributed by atoms with Crippen LogP contribution in [0.15, 0.2) is 6.20 Å². The summed E-state index contributed by atoms with van der Waals surface area (Å²) in [5, 5.41) is 0. The molecule has 1 rings (SSSR count). The van der Waals surface area contributed by atoms with E-state index >= 15 is 0 Å². The molecular weight excluding hydrogens is 222 g/mol. The second-order valence-corrected chi connectivity index (χ2v) is 4.71. The van der Waals surface area contributed by atoms with E-state index in [0.717, 1.165) is 38.3 Å². The number of unbranched alkanes of at least 4 members (excludes halogenated alkanes) is 2. The molecule has 0 spiro atoms. The van der Waals surface area contributed by atoms with E-state index in [1.165, 1.54) is 0 Å². The Morgan fingerprint density at radius 3 is 2.53 bits per heavy atom. The van der Waals surface area contributed by atoms with Crippen LogP contribution in [-0.2, 0) is 5.41 Å². The second kappa shape index (κ2) is 6.03. The summed E-state index contributed by atoms with van der Waals surface area (Å²) < 4.78 is 26.7. The van der Waals surface area contributed by atoms with E-state index in [-0.39, 0.29) is 5.69 Å². The number of hydrogen-bond donors (Lipinski definition) is 0. The first kappa shape index (κ1) is 14.0. The average Bonchev–Trinajstić information content (AvgIpc) is 2.32. The van der Waals surface area contributed by atoms with E-state index in [4.69, 9.17) is 0 Å². The SMILES string of the molecule is CCCCCC(C)(CC)c1nc(F)ncc1F. The van der Waals surface area contributed by atoms with Gasteiger partial charge in [0, 0.05) is 5.41 Å². The molecule has 17 heavy (non-hydrogen) atoms. The smallest absolute Gasteiger partial charge is 0.208 e. The van der Waals surface area contributed by atoms with Crippen molar-refractivity contribution in [2.75, 3.05) is 0 Å². The molecule has 0 aliphatic carbocycles. The van der Waals surface area contributed by atoms with Gasteiger partial charge in [-0.3, -0.25) is 0 Å². The van der Waals surface area contributed by atoms with Crippen LogP contribution in [0, 0.1) is 11.9 Å². The lowest BCUT2D eigenvalue weighted by Gasteiger charge is -2.27. The fourth-order valence-electron chi connectivity index (χ4n) is 2.00. The zero-order chi connectivity index (χ0) is 12.9. The second-order valence-electron chi connectivity index (χ2n) is 4.71. The van der Waals surface area contributed by atoms with Crippen molar-refractivity contribution >= 4 is 0 Å².